The van der Waals surface area contributed by atoms with E-state index in [1.165, 1.54) is 5.69 Å². The van der Waals surface area contributed by atoms with E-state index in [9.17, 15) is 0 Å². The Morgan fingerprint density at radius 1 is 1.28 bits per heavy atom. The molecule has 0 amide bonds. The van der Waals surface area contributed by atoms with Gasteiger partial charge in [-0.05, 0) is 38.4 Å². The van der Waals surface area contributed by atoms with Gasteiger partial charge in [-0.1, -0.05) is 32.9 Å². The van der Waals surface area contributed by atoms with Crippen LogP contribution in [0.3, 0.4) is 0 Å². The van der Waals surface area contributed by atoms with E-state index in [1.54, 1.807) is 0 Å². The van der Waals surface area contributed by atoms with E-state index >= 15 is 0 Å². The molecule has 102 valence electrons. The van der Waals surface area contributed by atoms with E-state index in [-0.39, 0.29) is 0 Å². The zero-order chi connectivity index (χ0) is 13.2. The molecule has 3 nitrogen and oxygen atoms in total. The van der Waals surface area contributed by atoms with Crippen LogP contribution in [0.2, 0.25) is 0 Å². The molecule has 0 unspecified atom stereocenters. The standard InChI is InChI=1S/C15H27N3/c1-4-15(5-2)18-13-11-14(17-18)10-8-7-9-12-16-6-3/h7-8,11,13,15-16H,4-6,9-10,12H2,1-3H3. The van der Waals surface area contributed by atoms with Crippen molar-refractivity contribution in [3.8, 4) is 0 Å². The summed E-state index contributed by atoms with van der Waals surface area (Å²) in [5, 5.41) is 7.95. The van der Waals surface area contributed by atoms with Gasteiger partial charge in [0.2, 0.25) is 0 Å². The first-order valence-corrected chi connectivity index (χ1v) is 7.21. The molecule has 0 saturated heterocycles. The first-order valence-electron chi connectivity index (χ1n) is 7.21. The molecule has 0 aliphatic heterocycles. The van der Waals surface area contributed by atoms with Crippen molar-refractivity contribution in [1.29, 1.82) is 0 Å². The Morgan fingerprint density at radius 2 is 2.06 bits per heavy atom. The lowest BCUT2D eigenvalue weighted by Crippen LogP contribution is -2.12. The Balaban J connectivity index is 2.35. The average molecular weight is 249 g/mol. The fraction of sp³-hybridized carbons (Fsp3) is 0.667. The summed E-state index contributed by atoms with van der Waals surface area (Å²) in [6.07, 6.45) is 10.9. The van der Waals surface area contributed by atoms with Gasteiger partial charge in [0.05, 0.1) is 11.7 Å². The number of allylic oxidation sites excluding steroid dienone is 1. The number of hydrogen-bond donors (Lipinski definition) is 1. The van der Waals surface area contributed by atoms with E-state index in [1.807, 2.05) is 0 Å². The van der Waals surface area contributed by atoms with Gasteiger partial charge >= 0.3 is 0 Å². The van der Waals surface area contributed by atoms with Crippen LogP contribution in [0.5, 0.6) is 0 Å². The summed E-state index contributed by atoms with van der Waals surface area (Å²) in [6.45, 7) is 8.68. The van der Waals surface area contributed by atoms with Crippen LogP contribution in [0.15, 0.2) is 24.4 Å². The van der Waals surface area contributed by atoms with Crippen molar-refractivity contribution in [2.75, 3.05) is 13.1 Å². The molecule has 0 spiro atoms. The second kappa shape index (κ2) is 8.92. The van der Waals surface area contributed by atoms with E-state index in [4.69, 9.17) is 0 Å². The lowest BCUT2D eigenvalue weighted by molar-refractivity contribution is 0.426. The predicted octanol–water partition coefficient (Wildman–Crippen LogP) is 3.34. The van der Waals surface area contributed by atoms with Crippen molar-refractivity contribution < 1.29 is 0 Å². The van der Waals surface area contributed by atoms with E-state index in [2.05, 4.69) is 60.3 Å². The van der Waals surface area contributed by atoms with Crippen LogP contribution < -0.4 is 5.32 Å². The molecule has 1 N–H and O–H groups in total. The van der Waals surface area contributed by atoms with Crippen LogP contribution in [0.25, 0.3) is 0 Å². The summed E-state index contributed by atoms with van der Waals surface area (Å²) in [5.74, 6) is 0. The van der Waals surface area contributed by atoms with Crippen molar-refractivity contribution in [2.45, 2.75) is 52.5 Å². The first-order chi connectivity index (χ1) is 8.81. The molecule has 18 heavy (non-hydrogen) atoms. The van der Waals surface area contributed by atoms with Gasteiger partial charge in [-0.3, -0.25) is 4.68 Å². The lowest BCUT2D eigenvalue weighted by Gasteiger charge is -2.12. The van der Waals surface area contributed by atoms with Crippen LogP contribution in [-0.4, -0.2) is 22.9 Å². The summed E-state index contributed by atoms with van der Waals surface area (Å²) in [7, 11) is 0. The van der Waals surface area contributed by atoms with Gasteiger partial charge in [0.15, 0.2) is 0 Å². The Bertz CT molecular complexity index is 337. The molecule has 0 aromatic carbocycles. The molecule has 3 heteroatoms. The van der Waals surface area contributed by atoms with E-state index < -0.39 is 0 Å². The van der Waals surface area contributed by atoms with Crippen LogP contribution in [0.1, 0.15) is 51.8 Å². The van der Waals surface area contributed by atoms with Crippen molar-refractivity contribution >= 4 is 0 Å². The summed E-state index contributed by atoms with van der Waals surface area (Å²) in [6, 6.07) is 2.68. The van der Waals surface area contributed by atoms with E-state index in [0.29, 0.717) is 6.04 Å². The Kier molecular flexibility index (Phi) is 7.42. The summed E-state index contributed by atoms with van der Waals surface area (Å²) >= 11 is 0. The summed E-state index contributed by atoms with van der Waals surface area (Å²) in [4.78, 5) is 0. The summed E-state index contributed by atoms with van der Waals surface area (Å²) < 4.78 is 2.11. The smallest absolute Gasteiger partial charge is 0.0662 e. The highest BCUT2D eigenvalue weighted by Gasteiger charge is 2.06. The van der Waals surface area contributed by atoms with Gasteiger partial charge < -0.3 is 5.32 Å². The zero-order valence-corrected chi connectivity index (χ0v) is 12.0. The Labute approximate surface area is 111 Å². The van der Waals surface area contributed by atoms with Crippen LogP contribution >= 0.6 is 0 Å². The molecule has 0 bridgehead atoms. The van der Waals surface area contributed by atoms with Crippen molar-refractivity contribution in [2.24, 2.45) is 0 Å². The third-order valence-electron chi connectivity index (χ3n) is 3.21. The van der Waals surface area contributed by atoms with Crippen molar-refractivity contribution in [1.82, 2.24) is 15.1 Å². The Hall–Kier alpha value is -1.09. The number of rotatable bonds is 9. The van der Waals surface area contributed by atoms with Gasteiger partial charge in [-0.2, -0.15) is 5.10 Å². The Morgan fingerprint density at radius 3 is 2.72 bits per heavy atom. The molecule has 1 aromatic heterocycles. The fourth-order valence-electron chi connectivity index (χ4n) is 2.04. The van der Waals surface area contributed by atoms with Crippen LogP contribution in [-0.2, 0) is 6.42 Å². The second-order valence-corrected chi connectivity index (χ2v) is 4.58. The van der Waals surface area contributed by atoms with Crippen molar-refractivity contribution in [3.05, 3.63) is 30.1 Å². The number of hydrogen-bond acceptors (Lipinski definition) is 2. The number of aromatic nitrogens is 2. The highest BCUT2D eigenvalue weighted by molar-refractivity contribution is 5.05. The topological polar surface area (TPSA) is 29.9 Å². The molecule has 1 heterocycles. The molecular weight excluding hydrogens is 222 g/mol. The minimum Gasteiger partial charge on any atom is -0.317 e. The first kappa shape index (κ1) is 15.0. The molecular formula is C15H27N3. The quantitative estimate of drug-likeness (QED) is 0.537. The second-order valence-electron chi connectivity index (χ2n) is 4.58. The molecule has 1 rings (SSSR count). The maximum Gasteiger partial charge on any atom is 0.0662 e. The minimum absolute atomic E-state index is 0.552. The van der Waals surface area contributed by atoms with Gasteiger partial charge in [0, 0.05) is 12.6 Å². The SMILES string of the molecule is CCNCCC=CCc1ccn(C(CC)CC)n1. The van der Waals surface area contributed by atoms with Gasteiger partial charge in [0.25, 0.3) is 0 Å². The lowest BCUT2D eigenvalue weighted by atomic mass is 10.2. The summed E-state index contributed by atoms with van der Waals surface area (Å²) in [5.41, 5.74) is 1.17. The molecule has 0 saturated carbocycles. The fourth-order valence-corrected chi connectivity index (χ4v) is 2.04. The number of nitrogens with zero attached hydrogens (tertiary/aromatic N) is 2. The van der Waals surface area contributed by atoms with Gasteiger partial charge in [0.1, 0.15) is 0 Å². The maximum atomic E-state index is 4.64. The minimum atomic E-state index is 0.552. The van der Waals surface area contributed by atoms with Crippen LogP contribution in [0, 0.1) is 0 Å². The number of nitrogens with one attached hydrogen (secondary N) is 1. The zero-order valence-electron chi connectivity index (χ0n) is 12.0. The van der Waals surface area contributed by atoms with E-state index in [0.717, 1.165) is 38.8 Å². The highest BCUT2D eigenvalue weighted by Crippen LogP contribution is 2.14. The van der Waals surface area contributed by atoms with Gasteiger partial charge in [-0.25, -0.2) is 0 Å². The van der Waals surface area contributed by atoms with Gasteiger partial charge in [-0.15, -0.1) is 0 Å². The third-order valence-corrected chi connectivity index (χ3v) is 3.21. The monoisotopic (exact) mass is 249 g/mol. The van der Waals surface area contributed by atoms with Crippen LogP contribution in [0.4, 0.5) is 0 Å². The maximum absolute atomic E-state index is 4.64. The molecule has 0 fully saturated rings. The third kappa shape index (κ3) is 5.05. The molecule has 0 aliphatic carbocycles. The molecule has 1 aromatic rings. The predicted molar refractivity (Wildman–Crippen MR) is 77.9 cm³/mol. The average Bonchev–Trinajstić information content (AvgIpc) is 2.84. The molecule has 0 atom stereocenters. The molecule has 0 radical (unpaired) electrons. The largest absolute Gasteiger partial charge is 0.317 e. The highest BCUT2D eigenvalue weighted by atomic mass is 15.3. The normalized spacial score (nSPS) is 11.8. The molecule has 0 aliphatic rings. The van der Waals surface area contributed by atoms with Crippen molar-refractivity contribution in [3.63, 3.8) is 0 Å².